The van der Waals surface area contributed by atoms with Crippen molar-refractivity contribution in [1.29, 1.82) is 0 Å². The Balaban J connectivity index is 0.000000776. The molecule has 3 rings (SSSR count). The molecule has 0 bridgehead atoms. The van der Waals surface area contributed by atoms with Crippen LogP contribution in [0.4, 0.5) is 9.59 Å². The predicted molar refractivity (Wildman–Crippen MR) is 200 cm³/mol. The third-order valence-corrected chi connectivity index (χ3v) is 7.85. The molecule has 1 aliphatic heterocycles. The highest BCUT2D eigenvalue weighted by Crippen LogP contribution is 2.33. The lowest BCUT2D eigenvalue weighted by Gasteiger charge is -2.30. The lowest BCUT2D eigenvalue weighted by atomic mass is 9.87. The van der Waals surface area contributed by atoms with Crippen LogP contribution in [0.5, 0.6) is 0 Å². The Morgan fingerprint density at radius 2 is 1.31 bits per heavy atom. The first-order chi connectivity index (χ1) is 23.7. The first-order valence-electron chi connectivity index (χ1n) is 16.7. The van der Waals surface area contributed by atoms with Gasteiger partial charge in [0.25, 0.3) is 0 Å². The van der Waals surface area contributed by atoms with Gasteiger partial charge in [-0.1, -0.05) is 45.9 Å². The number of aryl methyl sites for hydroxylation is 4. The number of primary amides is 2. The number of carbonyl (C=O) groups excluding carboxylic acids is 6. The first kappa shape index (κ1) is 46.3. The smallest absolute Gasteiger partial charge is 0.338 e. The number of hydrogen-bond acceptors (Lipinski definition) is 8. The molecule has 1 unspecified atom stereocenters. The van der Waals surface area contributed by atoms with Crippen LogP contribution >= 0.6 is 11.6 Å². The van der Waals surface area contributed by atoms with Crippen LogP contribution in [0.25, 0.3) is 0 Å². The SMILES string of the molecule is CCOC(=O)C1=C(C)NC(=O)NC1c1cc(C(C)C)c(C)cc1C.CCOC(=O)CC(=O)CCl.Cc1cc(C)c(C(C)C)cc1C=O.NC(N)=O. The molecule has 1 atom stereocenters. The molecule has 0 aliphatic carbocycles. The van der Waals surface area contributed by atoms with Crippen molar-refractivity contribution in [2.45, 2.75) is 100 Å². The van der Waals surface area contributed by atoms with E-state index in [9.17, 15) is 24.0 Å². The number of urea groups is 2. The largest absolute Gasteiger partial charge is 0.466 e. The van der Waals surface area contributed by atoms with Crippen LogP contribution in [0.15, 0.2) is 35.5 Å². The number of halogens is 1. The van der Waals surface area contributed by atoms with Crippen molar-refractivity contribution in [1.82, 2.24) is 10.6 Å². The van der Waals surface area contributed by atoms with Gasteiger partial charge in [-0.3, -0.25) is 14.4 Å². The molecule has 51 heavy (non-hydrogen) atoms. The van der Waals surface area contributed by atoms with E-state index in [0.29, 0.717) is 36.3 Å². The number of nitrogens with two attached hydrogens (primary N) is 2. The Labute approximate surface area is 307 Å². The molecule has 0 saturated carbocycles. The van der Waals surface area contributed by atoms with Gasteiger partial charge in [0.1, 0.15) is 12.7 Å². The highest BCUT2D eigenvalue weighted by atomic mass is 35.5. The molecule has 2 aromatic carbocycles. The van der Waals surface area contributed by atoms with Crippen molar-refractivity contribution in [3.8, 4) is 0 Å². The summed E-state index contributed by atoms with van der Waals surface area (Å²) in [6.45, 7) is 22.5. The van der Waals surface area contributed by atoms with Crippen LogP contribution < -0.4 is 22.1 Å². The molecule has 282 valence electrons. The van der Waals surface area contributed by atoms with E-state index in [2.05, 4.69) is 86.6 Å². The number of amides is 4. The van der Waals surface area contributed by atoms with Crippen LogP contribution in [-0.2, 0) is 23.9 Å². The molecule has 6 N–H and O–H groups in total. The Morgan fingerprint density at radius 1 is 0.824 bits per heavy atom. The topological polar surface area (TPSA) is 197 Å². The van der Waals surface area contributed by atoms with E-state index in [1.165, 1.54) is 22.3 Å². The number of nitrogens with one attached hydrogen (secondary N) is 2. The minimum absolute atomic E-state index is 0.126. The van der Waals surface area contributed by atoms with Gasteiger partial charge in [-0.05, 0) is 105 Å². The maximum atomic E-state index is 12.4. The van der Waals surface area contributed by atoms with Crippen molar-refractivity contribution in [3.63, 3.8) is 0 Å². The van der Waals surface area contributed by atoms with E-state index in [0.717, 1.165) is 28.5 Å². The summed E-state index contributed by atoms with van der Waals surface area (Å²) >= 11 is 5.14. The number of carbonyl (C=O) groups is 6. The number of aldehydes is 1. The molecule has 12 nitrogen and oxygen atoms in total. The zero-order chi connectivity index (χ0) is 39.6. The molecule has 1 aliphatic rings. The summed E-state index contributed by atoms with van der Waals surface area (Å²) in [6, 6.07) is 6.64. The molecule has 4 amide bonds. The van der Waals surface area contributed by atoms with E-state index in [-0.39, 0.29) is 24.1 Å². The lowest BCUT2D eigenvalue weighted by molar-refractivity contribution is -0.145. The Hall–Kier alpha value is -4.71. The summed E-state index contributed by atoms with van der Waals surface area (Å²) in [6.07, 6.45) is 0.720. The van der Waals surface area contributed by atoms with Crippen LogP contribution in [0.2, 0.25) is 0 Å². The number of alkyl halides is 1. The molecule has 2 aromatic rings. The maximum absolute atomic E-state index is 12.4. The number of hydrogen-bond donors (Lipinski definition) is 4. The fourth-order valence-electron chi connectivity index (χ4n) is 5.28. The van der Waals surface area contributed by atoms with Crippen molar-refractivity contribution in [3.05, 3.63) is 80.0 Å². The fourth-order valence-corrected chi connectivity index (χ4v) is 5.38. The van der Waals surface area contributed by atoms with Crippen molar-refractivity contribution >= 4 is 47.7 Å². The highest BCUT2D eigenvalue weighted by molar-refractivity contribution is 6.28. The average molecular weight is 731 g/mol. The molecule has 0 aromatic heterocycles. The normalized spacial score (nSPS) is 13.2. The van der Waals surface area contributed by atoms with Crippen molar-refractivity contribution in [2.24, 2.45) is 11.5 Å². The van der Waals surface area contributed by atoms with Gasteiger partial charge in [-0.2, -0.15) is 0 Å². The Bertz CT molecular complexity index is 1580. The van der Waals surface area contributed by atoms with Crippen LogP contribution in [0.1, 0.15) is 122 Å². The summed E-state index contributed by atoms with van der Waals surface area (Å²) < 4.78 is 9.69. The van der Waals surface area contributed by atoms with Gasteiger partial charge in [-0.25, -0.2) is 14.4 Å². The lowest BCUT2D eigenvalue weighted by Crippen LogP contribution is -2.45. The van der Waals surface area contributed by atoms with Gasteiger partial charge >= 0.3 is 24.0 Å². The third-order valence-electron chi connectivity index (χ3n) is 7.55. The first-order valence-corrected chi connectivity index (χ1v) is 17.2. The van der Waals surface area contributed by atoms with Crippen molar-refractivity contribution < 1.29 is 38.2 Å². The predicted octanol–water partition coefficient (Wildman–Crippen LogP) is 6.63. The second kappa shape index (κ2) is 22.9. The number of rotatable bonds is 10. The van der Waals surface area contributed by atoms with Gasteiger partial charge in [0.2, 0.25) is 0 Å². The molecular weight excluding hydrogens is 676 g/mol. The fraction of sp³-hybridized carbons (Fsp3) is 0.474. The van der Waals surface area contributed by atoms with Crippen molar-refractivity contribution in [2.75, 3.05) is 19.1 Å². The number of ketones is 1. The quantitative estimate of drug-likeness (QED) is 0.0904. The Kier molecular flexibility index (Phi) is 20.8. The number of allylic oxidation sites excluding steroid dienone is 1. The van der Waals surface area contributed by atoms with Gasteiger partial charge in [0.15, 0.2) is 5.78 Å². The van der Waals surface area contributed by atoms with E-state index >= 15 is 0 Å². The zero-order valence-electron chi connectivity index (χ0n) is 31.7. The third kappa shape index (κ3) is 15.8. The van der Waals surface area contributed by atoms with Crippen LogP contribution in [0.3, 0.4) is 0 Å². The van der Waals surface area contributed by atoms with Gasteiger partial charge in [0, 0.05) is 11.3 Å². The Morgan fingerprint density at radius 3 is 1.76 bits per heavy atom. The minimum atomic E-state index is -0.833. The molecule has 1 heterocycles. The summed E-state index contributed by atoms with van der Waals surface area (Å²) in [5, 5.41) is 5.54. The number of Topliss-reactive ketones (excluding diaryl/α,β-unsaturated/α-hetero) is 1. The summed E-state index contributed by atoms with van der Waals surface area (Å²) in [4.78, 5) is 65.1. The van der Waals surface area contributed by atoms with Gasteiger partial charge in [-0.15, -0.1) is 11.6 Å². The molecule has 0 radical (unpaired) electrons. The molecule has 0 fully saturated rings. The van der Waals surface area contributed by atoms with Gasteiger partial charge < -0.3 is 31.6 Å². The second-order valence-corrected chi connectivity index (χ2v) is 12.7. The zero-order valence-corrected chi connectivity index (χ0v) is 32.5. The number of benzene rings is 2. The monoisotopic (exact) mass is 730 g/mol. The molecule has 0 saturated heterocycles. The minimum Gasteiger partial charge on any atom is -0.466 e. The standard InChI is InChI=1S/C19H26N2O3.C12H16O.C6H9ClO3.CH4N2O/c1-7-24-18(22)16-13(6)20-19(23)21-17(16)15-9-14(10(2)3)11(4)8-12(15)5;1-8(2)12-6-11(7-13)9(3)5-10(12)4;1-2-10-6(9)3-5(8)4-7;2-1(3)4/h8-10,17H,7H2,1-6H3,(H2,20,21,23);5-8H,1-4H3;2-4H2,1H3;(H4,2,3,4). The van der Waals surface area contributed by atoms with Crippen LogP contribution in [0, 0.1) is 27.7 Å². The molecular formula is C38H55ClN4O8. The molecule has 0 spiro atoms. The summed E-state index contributed by atoms with van der Waals surface area (Å²) in [5.74, 6) is -0.497. The van der Waals surface area contributed by atoms with E-state index in [4.69, 9.17) is 21.1 Å². The average Bonchev–Trinajstić information content (AvgIpc) is 3.01. The number of ether oxygens (including phenoxy) is 2. The highest BCUT2D eigenvalue weighted by Gasteiger charge is 2.33. The summed E-state index contributed by atoms with van der Waals surface area (Å²) in [7, 11) is 0. The summed E-state index contributed by atoms with van der Waals surface area (Å²) in [5.41, 5.74) is 18.3. The second-order valence-electron chi connectivity index (χ2n) is 12.4. The van der Waals surface area contributed by atoms with E-state index < -0.39 is 24.0 Å². The van der Waals surface area contributed by atoms with Crippen LogP contribution in [-0.4, -0.2) is 55.2 Å². The molecule has 13 heteroatoms. The van der Waals surface area contributed by atoms with E-state index in [1.54, 1.807) is 20.8 Å². The number of esters is 2. The maximum Gasteiger partial charge on any atom is 0.338 e. The van der Waals surface area contributed by atoms with E-state index in [1.807, 2.05) is 19.9 Å². The van der Waals surface area contributed by atoms with Gasteiger partial charge in [0.05, 0.1) is 30.7 Å².